The summed E-state index contributed by atoms with van der Waals surface area (Å²) in [6.07, 6.45) is -34.2. The van der Waals surface area contributed by atoms with Gasteiger partial charge in [-0.05, 0) is 84.0 Å². The molecule has 0 spiro atoms. The number of nitrogens with zero attached hydrogens (tertiary/aromatic N) is 1. The molecular formula is C65H92N2O30S5. The van der Waals surface area contributed by atoms with Gasteiger partial charge >= 0.3 is 23.9 Å². The Balaban J connectivity index is 0.000000346. The molecule has 7 rings (SSSR count). The predicted molar refractivity (Wildman–Crippen MR) is 366 cm³/mol. The molecule has 4 saturated heterocycles. The van der Waals surface area contributed by atoms with Crippen molar-refractivity contribution >= 4 is 90.6 Å². The van der Waals surface area contributed by atoms with Gasteiger partial charge < -0.3 is 130 Å². The molecule has 4 fully saturated rings. The molecule has 0 bridgehead atoms. The van der Waals surface area contributed by atoms with E-state index >= 15 is 0 Å². The number of carbonyl (C=O) groups excluding carboxylic acids is 4. The molecule has 0 radical (unpaired) electrons. The summed E-state index contributed by atoms with van der Waals surface area (Å²) in [5.74, 6) is -3.14. The Hall–Kier alpha value is -4.41. The van der Waals surface area contributed by atoms with Crippen molar-refractivity contribution in [3.63, 3.8) is 0 Å². The first-order valence-electron chi connectivity index (χ1n) is 32.5. The molecule has 2 aromatic carbocycles. The first-order valence-corrected chi connectivity index (χ1v) is 37.2. The Labute approximate surface area is 609 Å². The van der Waals surface area contributed by atoms with E-state index in [0.717, 1.165) is 31.0 Å². The monoisotopic (exact) mass is 1540 g/mol. The van der Waals surface area contributed by atoms with Gasteiger partial charge in [-0.3, -0.25) is 24.0 Å². The minimum Gasteiger partial charge on any atom is -0.481 e. The molecule has 0 saturated carbocycles. The molecule has 37 heteroatoms. The lowest BCUT2D eigenvalue weighted by molar-refractivity contribution is -0.376. The third-order valence-corrected chi connectivity index (χ3v) is 22.1. The Morgan fingerprint density at radius 2 is 1.04 bits per heavy atom. The minimum absolute atomic E-state index is 0.0351. The first-order chi connectivity index (χ1) is 48.4. The van der Waals surface area contributed by atoms with Crippen molar-refractivity contribution in [1.29, 1.82) is 0 Å². The van der Waals surface area contributed by atoms with Gasteiger partial charge in [0.05, 0.1) is 43.5 Å². The van der Waals surface area contributed by atoms with E-state index in [9.17, 15) is 106 Å². The zero-order valence-electron chi connectivity index (χ0n) is 56.0. The van der Waals surface area contributed by atoms with Crippen molar-refractivity contribution in [3.8, 4) is 0 Å². The van der Waals surface area contributed by atoms with Gasteiger partial charge in [0.2, 0.25) is 5.91 Å². The zero-order valence-corrected chi connectivity index (χ0v) is 60.1. The van der Waals surface area contributed by atoms with Crippen LogP contribution in [-0.4, -0.2) is 287 Å². The van der Waals surface area contributed by atoms with Crippen LogP contribution in [0.3, 0.4) is 0 Å². The number of aromatic nitrogens is 1. The maximum absolute atomic E-state index is 14.0. The van der Waals surface area contributed by atoms with E-state index in [0.29, 0.717) is 23.6 Å². The van der Waals surface area contributed by atoms with Gasteiger partial charge in [-0.1, -0.05) is 91.5 Å². The number of hydrogen-bond acceptors (Lipinski definition) is 35. The number of hydrogen-bond donors (Lipinski definition) is 17. The third kappa shape index (κ3) is 24.3. The predicted octanol–water partition coefficient (Wildman–Crippen LogP) is -1.70. The number of aliphatic carboxylic acids is 1. The number of carboxylic acids is 1. The summed E-state index contributed by atoms with van der Waals surface area (Å²) in [4.78, 5) is 69.7. The summed E-state index contributed by atoms with van der Waals surface area (Å²) >= 11 is 8.47. The number of aliphatic hydroxyl groups excluding tert-OH is 15. The van der Waals surface area contributed by atoms with Crippen LogP contribution in [0.25, 0.3) is 0 Å². The number of carboxylic acid groups (broad SMARTS) is 1. The average molecular weight is 1540 g/mol. The molecule has 32 nitrogen and oxygen atoms in total. The smallest absolute Gasteiger partial charge is 0.312 e. The minimum atomic E-state index is -1.93. The van der Waals surface area contributed by atoms with E-state index in [1.54, 1.807) is 49.1 Å². The molecule has 4 aliphatic rings. The van der Waals surface area contributed by atoms with Crippen LogP contribution in [0, 0.1) is 16.7 Å². The second-order valence-electron chi connectivity index (χ2n) is 25.1. The van der Waals surface area contributed by atoms with Gasteiger partial charge in [-0.25, -0.2) is 4.98 Å². The van der Waals surface area contributed by atoms with Crippen molar-refractivity contribution in [2.45, 2.75) is 207 Å². The van der Waals surface area contributed by atoms with Crippen LogP contribution in [0.2, 0.25) is 0 Å². The molecule has 0 aliphatic carbocycles. The highest BCUT2D eigenvalue weighted by molar-refractivity contribution is 8.76. The van der Waals surface area contributed by atoms with Crippen LogP contribution in [0.5, 0.6) is 0 Å². The topological polar surface area (TPSA) is 517 Å². The molecular weight excluding hydrogens is 1450 g/mol. The van der Waals surface area contributed by atoms with Crippen molar-refractivity contribution in [1.82, 2.24) is 10.3 Å². The van der Waals surface area contributed by atoms with Crippen LogP contribution < -0.4 is 5.32 Å². The second kappa shape index (κ2) is 41.6. The van der Waals surface area contributed by atoms with Gasteiger partial charge in [0.25, 0.3) is 0 Å². The lowest BCUT2D eigenvalue weighted by Gasteiger charge is -2.44. The second-order valence-corrected chi connectivity index (χ2v) is 30.9. The van der Waals surface area contributed by atoms with Gasteiger partial charge in [-0.15, -0.1) is 23.5 Å². The highest BCUT2D eigenvalue weighted by Crippen LogP contribution is 2.37. The highest BCUT2D eigenvalue weighted by atomic mass is 33.1. The fourth-order valence-corrected chi connectivity index (χ4v) is 15.1. The summed E-state index contributed by atoms with van der Waals surface area (Å²) in [5, 5.41) is 166. The number of carbonyl (C=O) groups is 5. The van der Waals surface area contributed by atoms with Crippen LogP contribution >= 0.6 is 57.3 Å². The van der Waals surface area contributed by atoms with Crippen molar-refractivity contribution in [2.75, 3.05) is 44.5 Å². The summed E-state index contributed by atoms with van der Waals surface area (Å²) in [5.41, 5.74) is -0.200. The Bertz CT molecular complexity index is 3140. The van der Waals surface area contributed by atoms with E-state index in [1.165, 1.54) is 47.2 Å². The number of thiocarbonyl (C=S) groups is 1. The molecule has 23 atom stereocenters. The van der Waals surface area contributed by atoms with Gasteiger partial charge in [0.1, 0.15) is 126 Å². The fraction of sp³-hybridized carbons (Fsp3) is 0.646. The number of thioether (sulfide) groups is 2. The van der Waals surface area contributed by atoms with Crippen LogP contribution in [-0.2, 0) is 92.0 Å². The van der Waals surface area contributed by atoms with E-state index in [1.807, 2.05) is 49.4 Å². The van der Waals surface area contributed by atoms with Crippen molar-refractivity contribution in [2.24, 2.45) is 16.7 Å². The van der Waals surface area contributed by atoms with E-state index in [-0.39, 0.29) is 38.4 Å². The number of aliphatic hydroxyl groups is 15. The average Bonchev–Trinajstić information content (AvgIpc) is 0.794. The molecule has 5 heterocycles. The van der Waals surface area contributed by atoms with E-state index < -0.39 is 203 Å². The third-order valence-electron chi connectivity index (χ3n) is 17.2. The maximum Gasteiger partial charge on any atom is 0.312 e. The molecule has 4 aliphatic heterocycles. The number of ether oxygens (including phenoxy) is 9. The number of amides is 1. The van der Waals surface area contributed by atoms with E-state index in [2.05, 4.69) is 10.3 Å². The summed E-state index contributed by atoms with van der Waals surface area (Å²) in [6, 6.07) is 19.9. The zero-order chi connectivity index (χ0) is 75.2. The van der Waals surface area contributed by atoms with Crippen molar-refractivity contribution < 1.29 is 148 Å². The largest absolute Gasteiger partial charge is 0.481 e. The van der Waals surface area contributed by atoms with Crippen LogP contribution in [0.4, 0.5) is 0 Å². The number of benzene rings is 2. The SMILES string of the molecule is CC(CCc1ccccc1CO)(CC(=O)O)C(=O)OC[C@H]1O[C@H](O[C@H]2O[C@H](CO)[C@@H](O)[C@H](O)[C@H]2O)[C@H](O)[C@@H](O)[C@@H]1O.CCSC(=S)SCc1ccccc1COC(=O)CC(C)(CC(C)C(=O)NCCSSc1ccccn1)C(=O)OC[C@H]1O[C@H](O[C@H]2O[C@H](CO)[C@@H](O)[C@H](O)[C@H]2O)[C@H](O)[C@@H](O)[C@@H]1O. The van der Waals surface area contributed by atoms with E-state index in [4.69, 9.17) is 54.8 Å². The summed E-state index contributed by atoms with van der Waals surface area (Å²) < 4.78 is 49.8. The van der Waals surface area contributed by atoms with Crippen LogP contribution in [0.15, 0.2) is 78.0 Å². The molecule has 3 aromatic rings. The number of pyridine rings is 1. The summed E-state index contributed by atoms with van der Waals surface area (Å²) in [7, 11) is 2.96. The van der Waals surface area contributed by atoms with Gasteiger partial charge in [-0.2, -0.15) is 0 Å². The number of nitrogens with one attached hydrogen (secondary N) is 1. The molecule has 3 unspecified atom stereocenters. The van der Waals surface area contributed by atoms with Gasteiger partial charge in [0, 0.05) is 30.2 Å². The molecule has 572 valence electrons. The van der Waals surface area contributed by atoms with Crippen LogP contribution in [0.1, 0.15) is 75.6 Å². The summed E-state index contributed by atoms with van der Waals surface area (Å²) in [6.45, 7) is 3.47. The Kier molecular flexibility index (Phi) is 35.3. The number of rotatable bonds is 33. The van der Waals surface area contributed by atoms with Gasteiger partial charge in [0.15, 0.2) is 25.2 Å². The number of aryl methyl sites for hydroxylation is 1. The maximum atomic E-state index is 14.0. The molecule has 1 aromatic heterocycles. The quantitative estimate of drug-likeness (QED) is 0.0106. The van der Waals surface area contributed by atoms with Crippen molar-refractivity contribution in [3.05, 3.63) is 95.2 Å². The number of esters is 3. The molecule has 17 N–H and O–H groups in total. The standard InChI is InChI=1S/C39H54N2O15S5.C26H38O15/c1-4-58-38(57)59-20-23-10-6-5-9-22(23)18-52-27(43)16-39(3,15-21(2)34(50)41-13-14-60-61-26-11-7-8-12-40-26)37(51)53-19-25-29(45)31(47)33(49)36(55-25)56-35-32(48)30(46)28(44)24(17-42)54-35;1-26(8-16(29)30,7-6-12-4-2-3-5-13(12)9-27)25(37)38-11-15-18(32)20(34)22(36)24(40-15)41-23-21(35)19(33)17(31)14(10-28)39-23/h5-12,21,24-25,28-33,35-36,42,44-49H,4,13-20H2,1-3H3,(H,41,50);2-5,14-15,17-24,27-28,31-36H,6-11H2,1H3,(H,29,30)/t21?,24-,25-,28-,29-,30+,31+,32-,33-,35-,36-,39?;14-,15-,17-,18-,19+,20+,21-,22-,23-,24-,26?/m11/s1. The first kappa shape index (κ1) is 86.5. The highest BCUT2D eigenvalue weighted by Gasteiger charge is 2.53. The molecule has 102 heavy (non-hydrogen) atoms. The fourth-order valence-electron chi connectivity index (χ4n) is 11.1. The lowest BCUT2D eigenvalue weighted by atomic mass is 9.78. The lowest BCUT2D eigenvalue weighted by Crippen LogP contribution is -2.63. The Morgan fingerprint density at radius 3 is 1.51 bits per heavy atom. The normalized spacial score (nSPS) is 31.0. The molecule has 1 amide bonds. The Morgan fingerprint density at radius 1 is 0.578 bits per heavy atom.